The van der Waals surface area contributed by atoms with Gasteiger partial charge in [0.2, 0.25) is 0 Å². The van der Waals surface area contributed by atoms with Gasteiger partial charge in [-0.3, -0.25) is 14.5 Å². The number of amides is 2. The van der Waals surface area contributed by atoms with Crippen LogP contribution in [0.5, 0.6) is 0 Å². The van der Waals surface area contributed by atoms with E-state index in [0.717, 1.165) is 37.0 Å². The Labute approximate surface area is 181 Å². The molecule has 1 aromatic carbocycles. The molecule has 1 N–H and O–H groups in total. The van der Waals surface area contributed by atoms with Crippen LogP contribution in [0, 0.1) is 0 Å². The van der Waals surface area contributed by atoms with Crippen molar-refractivity contribution in [1.29, 1.82) is 0 Å². The fraction of sp³-hybridized carbons (Fsp3) is 0.565. The third-order valence-electron chi connectivity index (χ3n) is 6.43. The third-order valence-corrected chi connectivity index (χ3v) is 6.43. The molecular weight excluding hydrogens is 402 g/mol. The second-order valence-electron chi connectivity index (χ2n) is 8.91. The van der Waals surface area contributed by atoms with Gasteiger partial charge < -0.3 is 14.8 Å². The van der Waals surface area contributed by atoms with E-state index < -0.39 is 5.92 Å². The van der Waals surface area contributed by atoms with E-state index >= 15 is 0 Å². The lowest BCUT2D eigenvalue weighted by Crippen LogP contribution is -2.42. The molecule has 0 saturated carbocycles. The average Bonchev–Trinajstić information content (AvgIpc) is 3.00. The molecule has 1 aromatic heterocycles. The molecule has 0 radical (unpaired) electrons. The minimum Gasteiger partial charge on any atom is -0.351 e. The van der Waals surface area contributed by atoms with Gasteiger partial charge in [-0.2, -0.15) is 0 Å². The van der Waals surface area contributed by atoms with Crippen molar-refractivity contribution in [3.8, 4) is 0 Å². The van der Waals surface area contributed by atoms with Gasteiger partial charge in [0.15, 0.2) is 0 Å². The van der Waals surface area contributed by atoms with Crippen molar-refractivity contribution in [2.45, 2.75) is 45.1 Å². The summed E-state index contributed by atoms with van der Waals surface area (Å²) < 4.78 is 26.8. The second kappa shape index (κ2) is 8.57. The van der Waals surface area contributed by atoms with E-state index in [4.69, 9.17) is 0 Å². The largest absolute Gasteiger partial charge is 0.351 e. The number of piperidine rings is 1. The number of aromatic nitrogens is 1. The van der Waals surface area contributed by atoms with E-state index in [2.05, 4.69) is 23.7 Å². The summed E-state index contributed by atoms with van der Waals surface area (Å²) in [6.45, 7) is 7.73. The molecule has 2 saturated heterocycles. The topological polar surface area (TPSA) is 59.7 Å². The Balaban J connectivity index is 1.47. The number of nitrogens with zero attached hydrogens (tertiary/aromatic N) is 3. The van der Waals surface area contributed by atoms with Gasteiger partial charge in [0.1, 0.15) is 5.69 Å². The Morgan fingerprint density at radius 1 is 0.935 bits per heavy atom. The number of likely N-dealkylation sites (tertiary alicyclic amines) is 1. The summed E-state index contributed by atoms with van der Waals surface area (Å²) in [4.78, 5) is 34.6. The van der Waals surface area contributed by atoms with Gasteiger partial charge in [0.05, 0.1) is 0 Å². The Bertz CT molecular complexity index is 962. The zero-order valence-corrected chi connectivity index (χ0v) is 18.2. The van der Waals surface area contributed by atoms with Gasteiger partial charge in [-0.1, -0.05) is 0 Å². The molecular formula is C23H30F2N4O2. The zero-order chi connectivity index (χ0) is 22.2. The molecule has 3 heterocycles. The predicted octanol–water partition coefficient (Wildman–Crippen LogP) is 3.60. The molecule has 0 unspecified atom stereocenters. The maximum Gasteiger partial charge on any atom is 0.270 e. The number of rotatable bonds is 3. The molecule has 2 aromatic rings. The van der Waals surface area contributed by atoms with Crippen molar-refractivity contribution in [3.05, 3.63) is 35.5 Å². The van der Waals surface area contributed by atoms with Crippen LogP contribution in [-0.4, -0.2) is 82.7 Å². The van der Waals surface area contributed by atoms with Gasteiger partial charge in [0.25, 0.3) is 17.7 Å². The lowest BCUT2D eigenvalue weighted by atomic mass is 10.1. The Hall–Kier alpha value is -2.48. The van der Waals surface area contributed by atoms with E-state index in [1.54, 1.807) is 18.2 Å². The summed E-state index contributed by atoms with van der Waals surface area (Å²) in [7, 11) is 0. The molecule has 0 aliphatic carbocycles. The molecule has 0 atom stereocenters. The summed E-state index contributed by atoms with van der Waals surface area (Å²) in [5, 5.41) is 0.773. The van der Waals surface area contributed by atoms with E-state index in [1.165, 1.54) is 4.90 Å². The van der Waals surface area contributed by atoms with E-state index in [-0.39, 0.29) is 37.7 Å². The Morgan fingerprint density at radius 3 is 2.35 bits per heavy atom. The number of nitrogens with one attached hydrogen (secondary N) is 1. The van der Waals surface area contributed by atoms with Crippen molar-refractivity contribution < 1.29 is 18.4 Å². The third kappa shape index (κ3) is 4.74. The van der Waals surface area contributed by atoms with Crippen LogP contribution in [0.3, 0.4) is 0 Å². The molecule has 6 nitrogen and oxygen atoms in total. The summed E-state index contributed by atoms with van der Waals surface area (Å²) in [5.41, 5.74) is 1.72. The highest BCUT2D eigenvalue weighted by Crippen LogP contribution is 2.29. The minimum absolute atomic E-state index is 0.000144. The number of carbonyl (C=O) groups excluding carboxylic acids is 2. The molecule has 0 spiro atoms. The van der Waals surface area contributed by atoms with Gasteiger partial charge >= 0.3 is 0 Å². The SMILES string of the molecule is CC(C)N1CCCN(C(=O)c2ccc3[nH]c(C(=O)N4CCC(F)(F)CC4)cc3c2)CC1. The molecule has 2 amide bonds. The average molecular weight is 433 g/mol. The molecule has 0 bridgehead atoms. The molecule has 31 heavy (non-hydrogen) atoms. The van der Waals surface area contributed by atoms with Crippen molar-refractivity contribution in [2.24, 2.45) is 0 Å². The summed E-state index contributed by atoms with van der Waals surface area (Å²) in [6.07, 6.45) is 0.341. The van der Waals surface area contributed by atoms with Crippen LogP contribution in [0.25, 0.3) is 10.9 Å². The summed E-state index contributed by atoms with van der Waals surface area (Å²) in [5.74, 6) is -2.97. The number of benzene rings is 1. The van der Waals surface area contributed by atoms with Crippen LogP contribution in [0.15, 0.2) is 24.3 Å². The van der Waals surface area contributed by atoms with Gasteiger partial charge in [-0.15, -0.1) is 0 Å². The van der Waals surface area contributed by atoms with Crippen LogP contribution in [-0.2, 0) is 0 Å². The van der Waals surface area contributed by atoms with E-state index in [9.17, 15) is 18.4 Å². The monoisotopic (exact) mass is 432 g/mol. The maximum atomic E-state index is 13.4. The standard InChI is InChI=1S/C23H30F2N4O2/c1-16(2)27-8-3-9-28(13-12-27)21(30)17-4-5-19-18(14-17)15-20(26-19)22(31)29-10-6-23(24,25)7-11-29/h4-5,14-16,26H,3,6-13H2,1-2H3. The first-order valence-corrected chi connectivity index (χ1v) is 11.1. The zero-order valence-electron chi connectivity index (χ0n) is 18.2. The summed E-state index contributed by atoms with van der Waals surface area (Å²) >= 11 is 0. The Morgan fingerprint density at radius 2 is 1.65 bits per heavy atom. The van der Waals surface area contributed by atoms with Crippen LogP contribution in [0.2, 0.25) is 0 Å². The van der Waals surface area contributed by atoms with Crippen LogP contribution in [0.1, 0.15) is 54.0 Å². The van der Waals surface area contributed by atoms with Crippen molar-refractivity contribution in [3.63, 3.8) is 0 Å². The lowest BCUT2D eigenvalue weighted by molar-refractivity contribution is -0.0495. The van der Waals surface area contributed by atoms with Gasteiger partial charge in [-0.05, 0) is 44.5 Å². The number of alkyl halides is 2. The fourth-order valence-electron chi connectivity index (χ4n) is 4.43. The highest BCUT2D eigenvalue weighted by atomic mass is 19.3. The number of aromatic amines is 1. The number of hydrogen-bond donors (Lipinski definition) is 1. The maximum absolute atomic E-state index is 13.4. The first-order chi connectivity index (χ1) is 14.7. The lowest BCUT2D eigenvalue weighted by Gasteiger charge is -2.31. The number of carbonyl (C=O) groups is 2. The number of hydrogen-bond acceptors (Lipinski definition) is 3. The first kappa shape index (κ1) is 21.7. The van der Waals surface area contributed by atoms with E-state index in [1.807, 2.05) is 11.0 Å². The molecule has 8 heteroatoms. The fourth-order valence-corrected chi connectivity index (χ4v) is 4.43. The number of halogens is 2. The highest BCUT2D eigenvalue weighted by Gasteiger charge is 2.36. The molecule has 4 rings (SSSR count). The van der Waals surface area contributed by atoms with Crippen LogP contribution < -0.4 is 0 Å². The molecule has 2 aliphatic rings. The van der Waals surface area contributed by atoms with Crippen LogP contribution >= 0.6 is 0 Å². The van der Waals surface area contributed by atoms with Gasteiger partial charge in [0, 0.05) is 74.6 Å². The number of fused-ring (bicyclic) bond motifs is 1. The Kier molecular flexibility index (Phi) is 6.01. The van der Waals surface area contributed by atoms with Crippen LogP contribution in [0.4, 0.5) is 8.78 Å². The first-order valence-electron chi connectivity index (χ1n) is 11.1. The molecule has 2 aliphatic heterocycles. The smallest absolute Gasteiger partial charge is 0.270 e. The quantitative estimate of drug-likeness (QED) is 0.806. The normalized spacial score (nSPS) is 20.3. The number of H-pyrrole nitrogens is 1. The predicted molar refractivity (Wildman–Crippen MR) is 116 cm³/mol. The summed E-state index contributed by atoms with van der Waals surface area (Å²) in [6, 6.07) is 7.57. The highest BCUT2D eigenvalue weighted by molar-refractivity contribution is 6.01. The van der Waals surface area contributed by atoms with E-state index in [0.29, 0.717) is 23.8 Å². The molecule has 168 valence electrons. The van der Waals surface area contributed by atoms with Crippen molar-refractivity contribution >= 4 is 22.7 Å². The molecule has 2 fully saturated rings. The van der Waals surface area contributed by atoms with Gasteiger partial charge in [-0.25, -0.2) is 8.78 Å². The minimum atomic E-state index is -2.69. The second-order valence-corrected chi connectivity index (χ2v) is 8.91. The van der Waals surface area contributed by atoms with Crippen molar-refractivity contribution in [1.82, 2.24) is 19.7 Å². The van der Waals surface area contributed by atoms with Crippen molar-refractivity contribution in [2.75, 3.05) is 39.3 Å².